The lowest BCUT2D eigenvalue weighted by atomic mass is 10.1. The van der Waals surface area contributed by atoms with E-state index in [0.29, 0.717) is 48.4 Å². The number of carbonyl (C=O) groups excluding carboxylic acids is 2. The third kappa shape index (κ3) is 3.40. The molecule has 5 rings (SSSR count). The van der Waals surface area contributed by atoms with Crippen LogP contribution in [0.15, 0.2) is 42.6 Å². The molecule has 0 spiro atoms. The second-order valence-corrected chi connectivity index (χ2v) is 7.80. The first-order chi connectivity index (χ1) is 14.6. The Morgan fingerprint density at radius 1 is 1.10 bits per heavy atom. The summed E-state index contributed by atoms with van der Waals surface area (Å²) >= 11 is 6.10. The highest BCUT2D eigenvalue weighted by molar-refractivity contribution is 6.31. The van der Waals surface area contributed by atoms with Crippen molar-refractivity contribution in [3.05, 3.63) is 53.2 Å². The number of carbonyl (C=O) groups is 2. The Balaban J connectivity index is 1.26. The van der Waals surface area contributed by atoms with E-state index in [0.717, 1.165) is 16.5 Å². The van der Waals surface area contributed by atoms with Crippen molar-refractivity contribution in [2.45, 2.75) is 18.9 Å². The summed E-state index contributed by atoms with van der Waals surface area (Å²) in [5, 5.41) is 4.98. The van der Waals surface area contributed by atoms with Crippen molar-refractivity contribution < 1.29 is 19.1 Å². The average Bonchev–Trinajstić information content (AvgIpc) is 3.27. The van der Waals surface area contributed by atoms with E-state index in [1.807, 2.05) is 24.4 Å². The largest absolute Gasteiger partial charge is 0.486 e. The number of rotatable bonds is 5. The first kappa shape index (κ1) is 19.0. The van der Waals surface area contributed by atoms with Gasteiger partial charge in [0.15, 0.2) is 11.5 Å². The number of nitrogens with zero attached hydrogens (tertiary/aromatic N) is 1. The second-order valence-electron chi connectivity index (χ2n) is 7.36. The van der Waals surface area contributed by atoms with Crippen LogP contribution in [0.1, 0.15) is 12.0 Å². The highest BCUT2D eigenvalue weighted by atomic mass is 35.5. The number of anilines is 1. The maximum Gasteiger partial charge on any atom is 0.251 e. The number of hydrogen-bond donors (Lipinski definition) is 2. The van der Waals surface area contributed by atoms with Gasteiger partial charge in [-0.1, -0.05) is 11.6 Å². The molecule has 2 amide bonds. The van der Waals surface area contributed by atoms with Crippen LogP contribution in [0, 0.1) is 0 Å². The molecule has 3 heterocycles. The lowest BCUT2D eigenvalue weighted by molar-refractivity contribution is -0.121. The summed E-state index contributed by atoms with van der Waals surface area (Å²) in [4.78, 5) is 29.9. The number of aromatic amines is 1. The fourth-order valence-electron chi connectivity index (χ4n) is 3.97. The van der Waals surface area contributed by atoms with Crippen LogP contribution in [0.25, 0.3) is 10.9 Å². The molecule has 8 heteroatoms. The summed E-state index contributed by atoms with van der Waals surface area (Å²) in [6.07, 6.45) is 2.79. The van der Waals surface area contributed by atoms with Gasteiger partial charge in [-0.15, -0.1) is 0 Å². The van der Waals surface area contributed by atoms with Crippen molar-refractivity contribution in [2.75, 3.05) is 24.7 Å². The SMILES string of the molecule is O=C1C[C@H](NCCc2c[nH]c3ccc(Cl)cc23)C(=O)N1c1ccc2c(c1)OCCO2. The number of amides is 2. The zero-order valence-electron chi connectivity index (χ0n) is 16.1. The van der Waals surface area contributed by atoms with Crippen LogP contribution < -0.4 is 19.7 Å². The van der Waals surface area contributed by atoms with E-state index < -0.39 is 6.04 Å². The number of hydrogen-bond acceptors (Lipinski definition) is 5. The minimum Gasteiger partial charge on any atom is -0.486 e. The van der Waals surface area contributed by atoms with Crippen molar-refractivity contribution >= 4 is 40.0 Å². The molecule has 3 aromatic rings. The van der Waals surface area contributed by atoms with Crippen LogP contribution in [-0.2, 0) is 16.0 Å². The van der Waals surface area contributed by atoms with Gasteiger partial charge in [-0.2, -0.15) is 0 Å². The van der Waals surface area contributed by atoms with Gasteiger partial charge < -0.3 is 19.8 Å². The molecule has 2 aromatic carbocycles. The van der Waals surface area contributed by atoms with Crippen LogP contribution in [0.3, 0.4) is 0 Å². The number of fused-ring (bicyclic) bond motifs is 2. The van der Waals surface area contributed by atoms with Crippen molar-refractivity contribution in [2.24, 2.45) is 0 Å². The Labute approximate surface area is 177 Å². The predicted octanol–water partition coefficient (Wildman–Crippen LogP) is 3.06. The van der Waals surface area contributed by atoms with Crippen molar-refractivity contribution in [1.29, 1.82) is 0 Å². The fraction of sp³-hybridized carbons (Fsp3) is 0.273. The molecule has 2 N–H and O–H groups in total. The van der Waals surface area contributed by atoms with Gasteiger partial charge in [-0.05, 0) is 42.3 Å². The van der Waals surface area contributed by atoms with Crippen LogP contribution in [0.2, 0.25) is 5.02 Å². The molecular formula is C22H20ClN3O4. The van der Waals surface area contributed by atoms with E-state index in [1.54, 1.807) is 18.2 Å². The van der Waals surface area contributed by atoms with Crippen LogP contribution in [-0.4, -0.2) is 42.6 Å². The number of imide groups is 1. The molecule has 1 fully saturated rings. The van der Waals surface area contributed by atoms with Gasteiger partial charge >= 0.3 is 0 Å². The number of halogens is 1. The molecule has 1 aromatic heterocycles. The molecule has 7 nitrogen and oxygen atoms in total. The average molecular weight is 426 g/mol. The maximum atomic E-state index is 12.9. The van der Waals surface area contributed by atoms with E-state index in [4.69, 9.17) is 21.1 Å². The molecule has 154 valence electrons. The Hall–Kier alpha value is -3.03. The monoisotopic (exact) mass is 425 g/mol. The molecular weight excluding hydrogens is 406 g/mol. The molecule has 0 bridgehead atoms. The first-order valence-electron chi connectivity index (χ1n) is 9.85. The van der Waals surface area contributed by atoms with Gasteiger partial charge in [0.05, 0.1) is 18.2 Å². The quantitative estimate of drug-likeness (QED) is 0.614. The zero-order valence-corrected chi connectivity index (χ0v) is 16.9. The van der Waals surface area contributed by atoms with E-state index in [1.165, 1.54) is 4.90 Å². The first-order valence-corrected chi connectivity index (χ1v) is 10.2. The summed E-state index contributed by atoms with van der Waals surface area (Å²) in [5.41, 5.74) is 2.64. The molecule has 2 aliphatic rings. The zero-order chi connectivity index (χ0) is 20.7. The van der Waals surface area contributed by atoms with Gasteiger partial charge in [0.2, 0.25) is 5.91 Å². The minimum absolute atomic E-state index is 0.132. The Bertz CT molecular complexity index is 1140. The lowest BCUT2D eigenvalue weighted by Gasteiger charge is -2.21. The number of nitrogens with one attached hydrogen (secondary N) is 2. The lowest BCUT2D eigenvalue weighted by Crippen LogP contribution is -2.39. The van der Waals surface area contributed by atoms with Crippen LogP contribution in [0.4, 0.5) is 5.69 Å². The maximum absolute atomic E-state index is 12.9. The van der Waals surface area contributed by atoms with E-state index in [-0.39, 0.29) is 18.2 Å². The molecule has 1 saturated heterocycles. The topological polar surface area (TPSA) is 83.7 Å². The fourth-order valence-corrected chi connectivity index (χ4v) is 4.14. The molecule has 0 radical (unpaired) electrons. The minimum atomic E-state index is -0.542. The second kappa shape index (κ2) is 7.66. The Morgan fingerprint density at radius 2 is 1.93 bits per heavy atom. The smallest absolute Gasteiger partial charge is 0.251 e. The molecule has 0 unspecified atom stereocenters. The standard InChI is InChI=1S/C22H20ClN3O4/c23-14-1-3-17-16(9-14)13(12-25-17)5-6-24-18-11-21(27)26(22(18)28)15-2-4-19-20(10-15)30-8-7-29-19/h1-4,9-10,12,18,24-25H,5-8,11H2/t18-/m0/s1. The van der Waals surface area contributed by atoms with Crippen molar-refractivity contribution in [1.82, 2.24) is 10.3 Å². The highest BCUT2D eigenvalue weighted by Gasteiger charge is 2.39. The van der Waals surface area contributed by atoms with Gasteiger partial charge in [-0.3, -0.25) is 9.59 Å². The Morgan fingerprint density at radius 3 is 2.80 bits per heavy atom. The van der Waals surface area contributed by atoms with Gasteiger partial charge in [0.25, 0.3) is 5.91 Å². The van der Waals surface area contributed by atoms with Crippen LogP contribution >= 0.6 is 11.6 Å². The molecule has 0 aliphatic carbocycles. The molecule has 0 saturated carbocycles. The summed E-state index contributed by atoms with van der Waals surface area (Å²) in [6, 6.07) is 10.3. The Kier molecular flexibility index (Phi) is 4.84. The third-order valence-electron chi connectivity index (χ3n) is 5.45. The third-order valence-corrected chi connectivity index (χ3v) is 5.68. The summed E-state index contributed by atoms with van der Waals surface area (Å²) in [6.45, 7) is 1.50. The van der Waals surface area contributed by atoms with E-state index in [9.17, 15) is 9.59 Å². The van der Waals surface area contributed by atoms with Gasteiger partial charge in [0, 0.05) is 34.7 Å². The predicted molar refractivity (Wildman–Crippen MR) is 113 cm³/mol. The van der Waals surface area contributed by atoms with Crippen molar-refractivity contribution in [3.8, 4) is 11.5 Å². The van der Waals surface area contributed by atoms with Gasteiger partial charge in [-0.25, -0.2) is 4.90 Å². The summed E-state index contributed by atoms with van der Waals surface area (Å²) in [5.74, 6) is 0.693. The number of H-pyrrole nitrogens is 1. The van der Waals surface area contributed by atoms with Gasteiger partial charge in [0.1, 0.15) is 13.2 Å². The van der Waals surface area contributed by atoms with Crippen molar-refractivity contribution in [3.63, 3.8) is 0 Å². The summed E-state index contributed by atoms with van der Waals surface area (Å²) < 4.78 is 11.1. The number of ether oxygens (including phenoxy) is 2. The summed E-state index contributed by atoms with van der Waals surface area (Å²) in [7, 11) is 0. The normalized spacial score (nSPS) is 18.4. The number of aromatic nitrogens is 1. The number of benzene rings is 2. The highest BCUT2D eigenvalue weighted by Crippen LogP contribution is 2.35. The molecule has 30 heavy (non-hydrogen) atoms. The van der Waals surface area contributed by atoms with E-state index in [2.05, 4.69) is 10.3 Å². The molecule has 2 aliphatic heterocycles. The molecule has 1 atom stereocenters. The van der Waals surface area contributed by atoms with Crippen LogP contribution in [0.5, 0.6) is 11.5 Å². The van der Waals surface area contributed by atoms with E-state index >= 15 is 0 Å².